The Morgan fingerprint density at radius 1 is 1.13 bits per heavy atom. The van der Waals surface area contributed by atoms with Crippen LogP contribution in [0.2, 0.25) is 0 Å². The van der Waals surface area contributed by atoms with Gasteiger partial charge in [0.25, 0.3) is 5.91 Å². The minimum Gasteiger partial charge on any atom is -0.497 e. The molecule has 1 aliphatic heterocycles. The van der Waals surface area contributed by atoms with Crippen LogP contribution < -0.4 is 14.2 Å². The van der Waals surface area contributed by atoms with Gasteiger partial charge in [0.2, 0.25) is 0 Å². The molecule has 2 aromatic carbocycles. The summed E-state index contributed by atoms with van der Waals surface area (Å²) >= 11 is 0. The van der Waals surface area contributed by atoms with Crippen molar-refractivity contribution in [1.82, 2.24) is 14.7 Å². The van der Waals surface area contributed by atoms with Crippen LogP contribution in [0.5, 0.6) is 17.2 Å². The van der Waals surface area contributed by atoms with E-state index in [1.54, 1.807) is 29.9 Å². The molecule has 30 heavy (non-hydrogen) atoms. The first-order chi connectivity index (χ1) is 14.5. The van der Waals surface area contributed by atoms with Gasteiger partial charge in [0.1, 0.15) is 11.4 Å². The third kappa shape index (κ3) is 4.10. The number of ether oxygens (including phenoxy) is 3. The molecule has 1 aromatic heterocycles. The number of aryl methyl sites for hydroxylation is 1. The standard InChI is InChI=1S/C23H25N3O4/c1-25(14-16-5-8-18(28-3)9-6-16)23(27)19-15-26(2)24-22(19)17-7-10-20-21(13-17)30-12-4-11-29-20/h5-10,13,15H,4,11-12,14H2,1-3H3. The van der Waals surface area contributed by atoms with E-state index in [1.165, 1.54) is 0 Å². The van der Waals surface area contributed by atoms with Gasteiger partial charge in [0.05, 0.1) is 25.9 Å². The topological polar surface area (TPSA) is 65.8 Å². The molecule has 1 aliphatic rings. The highest BCUT2D eigenvalue weighted by atomic mass is 16.5. The van der Waals surface area contributed by atoms with E-state index in [0.29, 0.717) is 36.8 Å². The molecule has 156 valence electrons. The van der Waals surface area contributed by atoms with Crippen molar-refractivity contribution in [3.05, 3.63) is 59.8 Å². The van der Waals surface area contributed by atoms with Gasteiger partial charge in [-0.1, -0.05) is 12.1 Å². The average Bonchev–Trinajstić information content (AvgIpc) is 3.00. The van der Waals surface area contributed by atoms with Gasteiger partial charge in [-0.25, -0.2) is 0 Å². The predicted octanol–water partition coefficient (Wildman–Crippen LogP) is 3.53. The van der Waals surface area contributed by atoms with Crippen molar-refractivity contribution in [3.63, 3.8) is 0 Å². The van der Waals surface area contributed by atoms with Crippen LogP contribution in [0.3, 0.4) is 0 Å². The van der Waals surface area contributed by atoms with E-state index in [0.717, 1.165) is 29.0 Å². The van der Waals surface area contributed by atoms with E-state index in [-0.39, 0.29) is 5.91 Å². The summed E-state index contributed by atoms with van der Waals surface area (Å²) in [5.74, 6) is 2.09. The lowest BCUT2D eigenvalue weighted by Crippen LogP contribution is -2.26. The minimum absolute atomic E-state index is 0.0963. The maximum absolute atomic E-state index is 13.2. The highest BCUT2D eigenvalue weighted by Crippen LogP contribution is 2.35. The van der Waals surface area contributed by atoms with Crippen molar-refractivity contribution < 1.29 is 19.0 Å². The normalized spacial score (nSPS) is 12.9. The molecule has 0 bridgehead atoms. The van der Waals surface area contributed by atoms with E-state index in [9.17, 15) is 4.79 Å². The van der Waals surface area contributed by atoms with Crippen LogP contribution in [0.4, 0.5) is 0 Å². The summed E-state index contributed by atoms with van der Waals surface area (Å²) < 4.78 is 18.4. The summed E-state index contributed by atoms with van der Waals surface area (Å²) in [6.45, 7) is 1.73. The number of methoxy groups -OCH3 is 1. The zero-order valence-electron chi connectivity index (χ0n) is 17.4. The Labute approximate surface area is 175 Å². The molecule has 0 N–H and O–H groups in total. The zero-order chi connectivity index (χ0) is 21.1. The summed E-state index contributed by atoms with van der Waals surface area (Å²) in [5, 5.41) is 4.54. The summed E-state index contributed by atoms with van der Waals surface area (Å²) in [5.41, 5.74) is 3.01. The molecule has 0 atom stereocenters. The maximum atomic E-state index is 13.2. The van der Waals surface area contributed by atoms with Crippen molar-refractivity contribution >= 4 is 5.91 Å². The molecule has 7 heteroatoms. The molecule has 0 fully saturated rings. The smallest absolute Gasteiger partial charge is 0.257 e. The number of amides is 1. The summed E-state index contributed by atoms with van der Waals surface area (Å²) in [6, 6.07) is 13.4. The third-order valence-corrected chi connectivity index (χ3v) is 5.01. The third-order valence-electron chi connectivity index (χ3n) is 5.01. The summed E-state index contributed by atoms with van der Waals surface area (Å²) in [6.07, 6.45) is 2.60. The van der Waals surface area contributed by atoms with E-state index in [2.05, 4.69) is 5.10 Å². The van der Waals surface area contributed by atoms with Crippen LogP contribution >= 0.6 is 0 Å². The average molecular weight is 407 g/mol. The van der Waals surface area contributed by atoms with Gasteiger partial charge in [0.15, 0.2) is 11.5 Å². The van der Waals surface area contributed by atoms with Gasteiger partial charge in [0, 0.05) is 38.8 Å². The molecule has 4 rings (SSSR count). The number of benzene rings is 2. The molecule has 0 spiro atoms. The molecule has 0 unspecified atom stereocenters. The number of rotatable bonds is 5. The second kappa shape index (κ2) is 8.49. The van der Waals surface area contributed by atoms with Crippen molar-refractivity contribution in [2.75, 3.05) is 27.4 Å². The number of nitrogens with zero attached hydrogens (tertiary/aromatic N) is 3. The summed E-state index contributed by atoms with van der Waals surface area (Å²) in [7, 11) is 5.23. The first kappa shape index (κ1) is 19.8. The van der Waals surface area contributed by atoms with Gasteiger partial charge in [-0.3, -0.25) is 9.48 Å². The van der Waals surface area contributed by atoms with Crippen LogP contribution in [0.25, 0.3) is 11.3 Å². The Kier molecular flexibility index (Phi) is 5.61. The molecule has 2 heterocycles. The molecule has 1 amide bonds. The van der Waals surface area contributed by atoms with Crippen LogP contribution in [-0.2, 0) is 13.6 Å². The Morgan fingerprint density at radius 2 is 1.87 bits per heavy atom. The maximum Gasteiger partial charge on any atom is 0.257 e. The second-order valence-electron chi connectivity index (χ2n) is 7.29. The molecule has 0 aliphatic carbocycles. The molecule has 0 saturated carbocycles. The fourth-order valence-electron chi connectivity index (χ4n) is 3.45. The molecule has 7 nitrogen and oxygen atoms in total. The van der Waals surface area contributed by atoms with E-state index >= 15 is 0 Å². The van der Waals surface area contributed by atoms with Gasteiger partial charge in [-0.2, -0.15) is 5.10 Å². The number of hydrogen-bond donors (Lipinski definition) is 0. The Bertz CT molecular complexity index is 1040. The van der Waals surface area contributed by atoms with E-state index in [1.807, 2.05) is 49.5 Å². The minimum atomic E-state index is -0.0963. The number of hydrogen-bond acceptors (Lipinski definition) is 5. The molecule has 0 radical (unpaired) electrons. The van der Waals surface area contributed by atoms with Gasteiger partial charge in [-0.05, 0) is 35.9 Å². The fraction of sp³-hybridized carbons (Fsp3) is 0.304. The molecule has 0 saturated heterocycles. The largest absolute Gasteiger partial charge is 0.497 e. The number of carbonyl (C=O) groups is 1. The molecular formula is C23H25N3O4. The number of carbonyl (C=O) groups excluding carboxylic acids is 1. The molecular weight excluding hydrogens is 382 g/mol. The van der Waals surface area contributed by atoms with Crippen molar-refractivity contribution in [1.29, 1.82) is 0 Å². The second-order valence-corrected chi connectivity index (χ2v) is 7.29. The van der Waals surface area contributed by atoms with Crippen LogP contribution in [0, 0.1) is 0 Å². The van der Waals surface area contributed by atoms with Gasteiger partial charge < -0.3 is 19.1 Å². The zero-order valence-corrected chi connectivity index (χ0v) is 17.4. The lowest BCUT2D eigenvalue weighted by molar-refractivity contribution is 0.0785. The highest BCUT2D eigenvalue weighted by molar-refractivity contribution is 5.99. The van der Waals surface area contributed by atoms with Gasteiger partial charge >= 0.3 is 0 Å². The van der Waals surface area contributed by atoms with E-state index < -0.39 is 0 Å². The first-order valence-electron chi connectivity index (χ1n) is 9.87. The first-order valence-corrected chi connectivity index (χ1v) is 9.87. The van der Waals surface area contributed by atoms with Crippen LogP contribution in [0.1, 0.15) is 22.3 Å². The lowest BCUT2D eigenvalue weighted by atomic mass is 10.1. The Hall–Kier alpha value is -3.48. The predicted molar refractivity (Wildman–Crippen MR) is 113 cm³/mol. The van der Waals surface area contributed by atoms with Crippen molar-refractivity contribution in [2.45, 2.75) is 13.0 Å². The van der Waals surface area contributed by atoms with Crippen molar-refractivity contribution in [3.8, 4) is 28.5 Å². The Morgan fingerprint density at radius 3 is 2.60 bits per heavy atom. The Balaban J connectivity index is 1.59. The van der Waals surface area contributed by atoms with Crippen LogP contribution in [-0.4, -0.2) is 48.0 Å². The van der Waals surface area contributed by atoms with Crippen LogP contribution in [0.15, 0.2) is 48.7 Å². The molecule has 3 aromatic rings. The fourth-order valence-corrected chi connectivity index (χ4v) is 3.45. The quantitative estimate of drug-likeness (QED) is 0.647. The SMILES string of the molecule is COc1ccc(CN(C)C(=O)c2cn(C)nc2-c2ccc3c(c2)OCCCO3)cc1. The number of aromatic nitrogens is 2. The number of fused-ring (bicyclic) bond motifs is 1. The summed E-state index contributed by atoms with van der Waals surface area (Å²) in [4.78, 5) is 14.9. The monoisotopic (exact) mass is 407 g/mol. The van der Waals surface area contributed by atoms with Crippen molar-refractivity contribution in [2.24, 2.45) is 7.05 Å². The van der Waals surface area contributed by atoms with Gasteiger partial charge in [-0.15, -0.1) is 0 Å². The highest BCUT2D eigenvalue weighted by Gasteiger charge is 2.22. The van der Waals surface area contributed by atoms with E-state index in [4.69, 9.17) is 14.2 Å². The lowest BCUT2D eigenvalue weighted by Gasteiger charge is -2.17.